The van der Waals surface area contributed by atoms with E-state index < -0.39 is 0 Å². The first-order chi connectivity index (χ1) is 13.6. The van der Waals surface area contributed by atoms with E-state index in [1.54, 1.807) is 6.07 Å². The van der Waals surface area contributed by atoms with Gasteiger partial charge in [-0.05, 0) is 54.7 Å². The summed E-state index contributed by atoms with van der Waals surface area (Å²) < 4.78 is 19.4. The highest BCUT2D eigenvalue weighted by molar-refractivity contribution is 6.30. The molecule has 1 N–H and O–H groups in total. The summed E-state index contributed by atoms with van der Waals surface area (Å²) in [6.45, 7) is 6.55. The van der Waals surface area contributed by atoms with Gasteiger partial charge in [0, 0.05) is 52.5 Å². The molecule has 0 unspecified atom stereocenters. The quantitative estimate of drug-likeness (QED) is 0.827. The number of nitrogens with zero attached hydrogens (tertiary/aromatic N) is 2. The fourth-order valence-corrected chi connectivity index (χ4v) is 5.15. The zero-order valence-electron chi connectivity index (χ0n) is 16.3. The van der Waals surface area contributed by atoms with E-state index >= 15 is 0 Å². The van der Waals surface area contributed by atoms with Crippen molar-refractivity contribution in [1.29, 1.82) is 0 Å². The van der Waals surface area contributed by atoms with Crippen molar-refractivity contribution in [2.45, 2.75) is 32.2 Å². The van der Waals surface area contributed by atoms with E-state index in [-0.39, 0.29) is 22.3 Å². The van der Waals surface area contributed by atoms with E-state index in [2.05, 4.69) is 10.2 Å². The molecule has 154 valence electrons. The molecule has 3 fully saturated rings. The van der Waals surface area contributed by atoms with E-state index in [4.69, 9.17) is 16.3 Å². The molecular weight excluding hydrogens is 381 g/mol. The molecule has 0 bridgehead atoms. The first-order valence-corrected chi connectivity index (χ1v) is 10.7. The highest BCUT2D eigenvalue weighted by atomic mass is 35.5. The van der Waals surface area contributed by atoms with Gasteiger partial charge < -0.3 is 15.0 Å². The Morgan fingerprint density at radius 3 is 2.75 bits per heavy atom. The maximum atomic E-state index is 13.8. The summed E-state index contributed by atoms with van der Waals surface area (Å²) in [5.41, 5.74) is 1.10. The number of carbonyl (C=O) groups excluding carboxylic acids is 1. The summed E-state index contributed by atoms with van der Waals surface area (Å²) in [7, 11) is 0. The molecule has 7 heteroatoms. The van der Waals surface area contributed by atoms with Crippen molar-refractivity contribution < 1.29 is 13.9 Å². The van der Waals surface area contributed by atoms with Crippen molar-refractivity contribution in [3.63, 3.8) is 0 Å². The molecule has 3 heterocycles. The maximum absolute atomic E-state index is 13.8. The van der Waals surface area contributed by atoms with Crippen LogP contribution in [0.25, 0.3) is 0 Å². The van der Waals surface area contributed by atoms with Crippen LogP contribution in [-0.2, 0) is 11.3 Å². The molecule has 0 aromatic heterocycles. The number of likely N-dealkylation sites (tertiary alicyclic amines) is 2. The minimum Gasteiger partial charge on any atom is -0.381 e. The molecule has 5 nitrogen and oxygen atoms in total. The van der Waals surface area contributed by atoms with Crippen LogP contribution >= 0.6 is 11.6 Å². The van der Waals surface area contributed by atoms with Crippen LogP contribution in [0.1, 0.15) is 31.2 Å². The average Bonchev–Trinajstić information content (AvgIpc) is 3.33. The molecule has 0 aliphatic carbocycles. The second kappa shape index (κ2) is 8.56. The molecule has 3 saturated heterocycles. The fourth-order valence-electron chi connectivity index (χ4n) is 5.03. The summed E-state index contributed by atoms with van der Waals surface area (Å²) in [4.78, 5) is 16.7. The van der Waals surface area contributed by atoms with Crippen molar-refractivity contribution in [3.8, 4) is 0 Å². The third-order valence-corrected chi connectivity index (χ3v) is 6.96. The predicted octanol–water partition coefficient (Wildman–Crippen LogP) is 3.51. The first-order valence-electron chi connectivity index (χ1n) is 10.3. The standard InChI is InChI=1S/C21H29ClFN3O2/c22-18-4-3-16(11-19(18)23)13-25-14-17(21(15-25)5-9-28-10-6-21)12-24-20(27)26-7-1-2-8-26/h3-4,11,17H,1-2,5-10,12-15H2,(H,24,27)/t17-/m0/s1. The van der Waals surface area contributed by atoms with Crippen LogP contribution < -0.4 is 5.32 Å². The Hall–Kier alpha value is -1.37. The van der Waals surface area contributed by atoms with Gasteiger partial charge in [0.05, 0.1) is 5.02 Å². The first kappa shape index (κ1) is 19.9. The van der Waals surface area contributed by atoms with Gasteiger partial charge in [0.1, 0.15) is 5.82 Å². The third-order valence-electron chi connectivity index (χ3n) is 6.65. The van der Waals surface area contributed by atoms with Gasteiger partial charge in [-0.1, -0.05) is 17.7 Å². The van der Waals surface area contributed by atoms with Crippen molar-refractivity contribution >= 4 is 17.6 Å². The zero-order chi connectivity index (χ0) is 19.6. The van der Waals surface area contributed by atoms with Crippen LogP contribution in [0.2, 0.25) is 5.02 Å². The molecule has 28 heavy (non-hydrogen) atoms. The monoisotopic (exact) mass is 409 g/mol. The minimum absolute atomic E-state index is 0.0675. The van der Waals surface area contributed by atoms with Gasteiger partial charge in [0.25, 0.3) is 0 Å². The van der Waals surface area contributed by atoms with Gasteiger partial charge in [0.15, 0.2) is 0 Å². The Bertz CT molecular complexity index is 705. The van der Waals surface area contributed by atoms with Crippen molar-refractivity contribution in [2.75, 3.05) is 45.9 Å². The van der Waals surface area contributed by atoms with Crippen molar-refractivity contribution in [3.05, 3.63) is 34.6 Å². The predicted molar refractivity (Wildman–Crippen MR) is 107 cm³/mol. The number of hydrogen-bond donors (Lipinski definition) is 1. The molecule has 0 radical (unpaired) electrons. The summed E-state index contributed by atoms with van der Waals surface area (Å²) in [5, 5.41) is 3.34. The molecule has 1 aromatic carbocycles. The number of carbonyl (C=O) groups is 1. The van der Waals surface area contributed by atoms with Crippen molar-refractivity contribution in [2.24, 2.45) is 11.3 Å². The van der Waals surface area contributed by atoms with Crippen LogP contribution in [0, 0.1) is 17.2 Å². The summed E-state index contributed by atoms with van der Waals surface area (Å²) in [5.74, 6) is 0.0219. The minimum atomic E-state index is -0.367. The Morgan fingerprint density at radius 1 is 1.29 bits per heavy atom. The summed E-state index contributed by atoms with van der Waals surface area (Å²) in [6, 6.07) is 5.12. The number of benzene rings is 1. The highest BCUT2D eigenvalue weighted by Crippen LogP contribution is 2.44. The van der Waals surface area contributed by atoms with E-state index in [0.29, 0.717) is 19.0 Å². The summed E-state index contributed by atoms with van der Waals surface area (Å²) >= 11 is 5.82. The number of hydrogen-bond acceptors (Lipinski definition) is 3. The van der Waals surface area contributed by atoms with Crippen LogP contribution in [-0.4, -0.2) is 61.8 Å². The molecule has 3 aliphatic heterocycles. The van der Waals surface area contributed by atoms with E-state index in [1.807, 2.05) is 11.0 Å². The Morgan fingerprint density at radius 2 is 2.04 bits per heavy atom. The molecule has 4 rings (SSSR count). The molecular formula is C21H29ClFN3O2. The molecule has 3 aliphatic rings. The number of nitrogens with one attached hydrogen (secondary N) is 1. The lowest BCUT2D eigenvalue weighted by Crippen LogP contribution is -2.45. The fraction of sp³-hybridized carbons (Fsp3) is 0.667. The SMILES string of the molecule is O=C(NC[C@H]1CN(Cc2ccc(Cl)c(F)c2)CC12CCOCC2)N1CCCC1. The normalized spacial score (nSPS) is 24.8. The number of urea groups is 1. The lowest BCUT2D eigenvalue weighted by Gasteiger charge is -2.38. The van der Waals surface area contributed by atoms with Gasteiger partial charge >= 0.3 is 6.03 Å². The lowest BCUT2D eigenvalue weighted by atomic mass is 9.72. The smallest absolute Gasteiger partial charge is 0.317 e. The van der Waals surface area contributed by atoms with Crippen LogP contribution in [0.3, 0.4) is 0 Å². The van der Waals surface area contributed by atoms with Gasteiger partial charge in [-0.2, -0.15) is 0 Å². The average molecular weight is 410 g/mol. The molecule has 1 atom stereocenters. The second-order valence-electron chi connectivity index (χ2n) is 8.47. The van der Waals surface area contributed by atoms with Gasteiger partial charge in [-0.3, -0.25) is 4.90 Å². The number of halogens is 2. The molecule has 1 aromatic rings. The summed E-state index contributed by atoms with van der Waals surface area (Å²) in [6.07, 6.45) is 4.23. The largest absolute Gasteiger partial charge is 0.381 e. The lowest BCUT2D eigenvalue weighted by molar-refractivity contribution is -0.0000799. The van der Waals surface area contributed by atoms with Crippen LogP contribution in [0.4, 0.5) is 9.18 Å². The van der Waals surface area contributed by atoms with E-state index in [9.17, 15) is 9.18 Å². The molecule has 1 spiro atoms. The second-order valence-corrected chi connectivity index (χ2v) is 8.88. The Labute approximate surface area is 171 Å². The van der Waals surface area contributed by atoms with Gasteiger partial charge in [-0.15, -0.1) is 0 Å². The highest BCUT2D eigenvalue weighted by Gasteiger charge is 2.47. The van der Waals surface area contributed by atoms with Gasteiger partial charge in [0.2, 0.25) is 0 Å². The maximum Gasteiger partial charge on any atom is 0.317 e. The van der Waals surface area contributed by atoms with Crippen LogP contribution in [0.15, 0.2) is 18.2 Å². The van der Waals surface area contributed by atoms with Gasteiger partial charge in [-0.25, -0.2) is 9.18 Å². The van der Waals surface area contributed by atoms with Crippen LogP contribution in [0.5, 0.6) is 0 Å². The van der Waals surface area contributed by atoms with E-state index in [0.717, 1.165) is 70.6 Å². The molecule has 0 saturated carbocycles. The topological polar surface area (TPSA) is 44.8 Å². The number of amides is 2. The molecule has 2 amide bonds. The number of rotatable bonds is 4. The Balaban J connectivity index is 1.41. The third kappa shape index (κ3) is 4.29. The van der Waals surface area contributed by atoms with Crippen molar-refractivity contribution in [1.82, 2.24) is 15.1 Å². The zero-order valence-corrected chi connectivity index (χ0v) is 17.0. The number of ether oxygens (including phenoxy) is 1. The van der Waals surface area contributed by atoms with E-state index in [1.165, 1.54) is 6.07 Å². The Kier molecular flexibility index (Phi) is 6.09.